The zero-order valence-corrected chi connectivity index (χ0v) is 13.2. The van der Waals surface area contributed by atoms with Crippen LogP contribution >= 0.6 is 0 Å². The predicted molar refractivity (Wildman–Crippen MR) is 92.0 cm³/mol. The summed E-state index contributed by atoms with van der Waals surface area (Å²) in [7, 11) is 3.93. The van der Waals surface area contributed by atoms with Crippen molar-refractivity contribution in [2.24, 2.45) is 0 Å². The molecule has 0 saturated carbocycles. The maximum atomic E-state index is 12.4. The minimum atomic E-state index is -0.0354. The normalized spacial score (nSPS) is 12.5. The number of fused-ring (bicyclic) bond motifs is 5. The summed E-state index contributed by atoms with van der Waals surface area (Å²) in [6.45, 7) is 0.528. The Labute approximate surface area is 134 Å². The topological polar surface area (TPSA) is 45.3 Å². The molecule has 0 aliphatic heterocycles. The van der Waals surface area contributed by atoms with E-state index in [1.807, 2.05) is 55.4 Å². The van der Waals surface area contributed by atoms with E-state index < -0.39 is 0 Å². The zero-order chi connectivity index (χ0) is 16.0. The lowest BCUT2D eigenvalue weighted by Gasteiger charge is -2.12. The van der Waals surface area contributed by atoms with Crippen LogP contribution in [0, 0.1) is 0 Å². The number of ether oxygens (including phenoxy) is 1. The number of pyridine rings is 1. The van der Waals surface area contributed by atoms with Crippen LogP contribution in [0.25, 0.3) is 22.0 Å². The lowest BCUT2D eigenvalue weighted by atomic mass is 10.0. The summed E-state index contributed by atoms with van der Waals surface area (Å²) in [5.41, 5.74) is 4.38. The first kappa shape index (κ1) is 14.0. The molecule has 4 nitrogen and oxygen atoms in total. The Morgan fingerprint density at radius 1 is 1.13 bits per heavy atom. The van der Waals surface area contributed by atoms with Crippen LogP contribution in [0.15, 0.2) is 47.3 Å². The number of rotatable bonds is 3. The van der Waals surface area contributed by atoms with Crippen molar-refractivity contribution in [3.63, 3.8) is 0 Å². The smallest absolute Gasteiger partial charge is 0.256 e. The highest BCUT2D eigenvalue weighted by Crippen LogP contribution is 2.39. The zero-order valence-electron chi connectivity index (χ0n) is 13.2. The van der Waals surface area contributed by atoms with Crippen LogP contribution in [0.5, 0.6) is 5.75 Å². The fourth-order valence-corrected chi connectivity index (χ4v) is 3.18. The summed E-state index contributed by atoms with van der Waals surface area (Å²) in [5, 5.41) is 1.79. The molecule has 0 spiro atoms. The SMILES string of the molecule is CN(C)COc1ccc2c(c1)-c1[nH]c(=O)c3ccccc3c1C2. The maximum absolute atomic E-state index is 12.4. The van der Waals surface area contributed by atoms with Crippen molar-refractivity contribution in [2.45, 2.75) is 6.42 Å². The molecule has 0 saturated heterocycles. The molecule has 0 fully saturated rings. The minimum absolute atomic E-state index is 0.0354. The maximum Gasteiger partial charge on any atom is 0.256 e. The van der Waals surface area contributed by atoms with Gasteiger partial charge in [0.2, 0.25) is 0 Å². The Kier molecular flexibility index (Phi) is 3.20. The third-order valence-electron chi connectivity index (χ3n) is 4.24. The Morgan fingerprint density at radius 3 is 2.70 bits per heavy atom. The molecule has 0 amide bonds. The molecule has 3 aromatic rings. The molecule has 4 heteroatoms. The fourth-order valence-electron chi connectivity index (χ4n) is 3.18. The van der Waals surface area contributed by atoms with Crippen molar-refractivity contribution in [1.29, 1.82) is 0 Å². The standard InChI is InChI=1S/C19H18N2O2/c1-21(2)11-23-13-8-7-12-9-17-14-5-3-4-6-15(14)19(22)20-18(17)16(12)10-13/h3-8,10H,9,11H2,1-2H3,(H,20,22). The van der Waals surface area contributed by atoms with Crippen LogP contribution in [-0.2, 0) is 6.42 Å². The number of aromatic amines is 1. The number of nitrogens with zero attached hydrogens (tertiary/aromatic N) is 1. The third kappa shape index (κ3) is 2.32. The Hall–Kier alpha value is -2.59. The molecular formula is C19H18N2O2. The predicted octanol–water partition coefficient (Wildman–Crippen LogP) is 3.00. The monoisotopic (exact) mass is 306 g/mol. The molecule has 23 heavy (non-hydrogen) atoms. The number of nitrogens with one attached hydrogen (secondary N) is 1. The van der Waals surface area contributed by atoms with E-state index in [9.17, 15) is 4.79 Å². The molecule has 116 valence electrons. The van der Waals surface area contributed by atoms with Crippen LogP contribution in [0.4, 0.5) is 0 Å². The number of hydrogen-bond donors (Lipinski definition) is 1. The summed E-state index contributed by atoms with van der Waals surface area (Å²) < 4.78 is 5.76. The summed E-state index contributed by atoms with van der Waals surface area (Å²) >= 11 is 0. The first-order chi connectivity index (χ1) is 11.1. The number of benzene rings is 2. The van der Waals surface area contributed by atoms with Gasteiger partial charge in [-0.05, 0) is 48.8 Å². The second kappa shape index (κ2) is 5.25. The summed E-state index contributed by atoms with van der Waals surface area (Å²) in [6, 6.07) is 13.9. The van der Waals surface area contributed by atoms with Gasteiger partial charge in [0, 0.05) is 17.4 Å². The molecule has 0 bridgehead atoms. The van der Waals surface area contributed by atoms with E-state index in [1.165, 1.54) is 11.1 Å². The van der Waals surface area contributed by atoms with Crippen molar-refractivity contribution in [3.05, 3.63) is 63.9 Å². The van der Waals surface area contributed by atoms with Gasteiger partial charge >= 0.3 is 0 Å². The summed E-state index contributed by atoms with van der Waals surface area (Å²) in [4.78, 5) is 17.4. The van der Waals surface area contributed by atoms with Crippen molar-refractivity contribution in [3.8, 4) is 17.0 Å². The van der Waals surface area contributed by atoms with Gasteiger partial charge in [0.05, 0.1) is 5.69 Å². The average Bonchev–Trinajstić information content (AvgIpc) is 2.91. The van der Waals surface area contributed by atoms with Crippen LogP contribution in [-0.4, -0.2) is 30.7 Å². The third-order valence-corrected chi connectivity index (χ3v) is 4.24. The van der Waals surface area contributed by atoms with Gasteiger partial charge in [-0.25, -0.2) is 0 Å². The van der Waals surface area contributed by atoms with E-state index in [0.29, 0.717) is 6.73 Å². The van der Waals surface area contributed by atoms with Gasteiger partial charge in [0.25, 0.3) is 5.56 Å². The van der Waals surface area contributed by atoms with Crippen LogP contribution in [0.2, 0.25) is 0 Å². The molecule has 0 atom stereocenters. The van der Waals surface area contributed by atoms with Crippen molar-refractivity contribution in [2.75, 3.05) is 20.8 Å². The molecule has 0 radical (unpaired) electrons. The molecule has 0 unspecified atom stereocenters. The van der Waals surface area contributed by atoms with Crippen molar-refractivity contribution >= 4 is 10.8 Å². The van der Waals surface area contributed by atoms with Gasteiger partial charge in [0.1, 0.15) is 12.5 Å². The van der Waals surface area contributed by atoms with E-state index in [4.69, 9.17) is 4.74 Å². The van der Waals surface area contributed by atoms with E-state index in [0.717, 1.165) is 34.2 Å². The number of aromatic nitrogens is 1. The molecule has 4 rings (SSSR count). The lowest BCUT2D eigenvalue weighted by Crippen LogP contribution is -2.18. The molecule has 2 aromatic carbocycles. The van der Waals surface area contributed by atoms with Crippen LogP contribution in [0.3, 0.4) is 0 Å². The largest absolute Gasteiger partial charge is 0.478 e. The average molecular weight is 306 g/mol. The highest BCUT2D eigenvalue weighted by atomic mass is 16.5. The Morgan fingerprint density at radius 2 is 1.91 bits per heavy atom. The lowest BCUT2D eigenvalue weighted by molar-refractivity contribution is 0.179. The van der Waals surface area contributed by atoms with Crippen LogP contribution in [0.1, 0.15) is 11.1 Å². The second-order valence-corrected chi connectivity index (χ2v) is 6.20. The van der Waals surface area contributed by atoms with Gasteiger partial charge in [-0.1, -0.05) is 24.3 Å². The fraction of sp³-hybridized carbons (Fsp3) is 0.211. The first-order valence-corrected chi connectivity index (χ1v) is 7.68. The van der Waals surface area contributed by atoms with Gasteiger partial charge in [-0.3, -0.25) is 9.69 Å². The Bertz CT molecular complexity index is 957. The Balaban J connectivity index is 1.85. The van der Waals surface area contributed by atoms with Gasteiger partial charge in [0.15, 0.2) is 0 Å². The highest BCUT2D eigenvalue weighted by Gasteiger charge is 2.23. The summed E-state index contributed by atoms with van der Waals surface area (Å²) in [5.74, 6) is 0.819. The van der Waals surface area contributed by atoms with Gasteiger partial charge < -0.3 is 9.72 Å². The molecule has 1 N–H and O–H groups in total. The quantitative estimate of drug-likeness (QED) is 0.592. The minimum Gasteiger partial charge on any atom is -0.478 e. The number of hydrogen-bond acceptors (Lipinski definition) is 3. The molecule has 1 aliphatic rings. The molecule has 1 aromatic heterocycles. The van der Waals surface area contributed by atoms with Crippen LogP contribution < -0.4 is 10.3 Å². The second-order valence-electron chi connectivity index (χ2n) is 6.20. The van der Waals surface area contributed by atoms with E-state index >= 15 is 0 Å². The van der Waals surface area contributed by atoms with E-state index in [1.54, 1.807) is 0 Å². The van der Waals surface area contributed by atoms with Gasteiger partial charge in [-0.2, -0.15) is 0 Å². The van der Waals surface area contributed by atoms with Gasteiger partial charge in [-0.15, -0.1) is 0 Å². The molecule has 1 aliphatic carbocycles. The number of H-pyrrole nitrogens is 1. The van der Waals surface area contributed by atoms with E-state index in [-0.39, 0.29) is 5.56 Å². The summed E-state index contributed by atoms with van der Waals surface area (Å²) in [6.07, 6.45) is 0.843. The van der Waals surface area contributed by atoms with E-state index in [2.05, 4.69) is 11.1 Å². The van der Waals surface area contributed by atoms with Crippen molar-refractivity contribution in [1.82, 2.24) is 9.88 Å². The highest BCUT2D eigenvalue weighted by molar-refractivity contribution is 5.92. The van der Waals surface area contributed by atoms with Crippen molar-refractivity contribution < 1.29 is 4.74 Å². The first-order valence-electron chi connectivity index (χ1n) is 7.68. The molecular weight excluding hydrogens is 288 g/mol. The molecule has 1 heterocycles.